The quantitative estimate of drug-likeness (QED) is 0.355. The Labute approximate surface area is 171 Å². The molecule has 0 aliphatic carbocycles. The van der Waals surface area contributed by atoms with Crippen LogP contribution in [0.15, 0.2) is 71.8 Å². The summed E-state index contributed by atoms with van der Waals surface area (Å²) in [6, 6.07) is 20.2. The van der Waals surface area contributed by atoms with Crippen molar-refractivity contribution in [3.05, 3.63) is 87.9 Å². The van der Waals surface area contributed by atoms with Crippen LogP contribution in [0.3, 0.4) is 0 Å². The van der Waals surface area contributed by atoms with Gasteiger partial charge in [-0.1, -0.05) is 65.7 Å². The summed E-state index contributed by atoms with van der Waals surface area (Å²) in [6.45, 7) is 0. The highest BCUT2D eigenvalue weighted by Crippen LogP contribution is 2.24. The molecule has 0 saturated carbocycles. The van der Waals surface area contributed by atoms with Crippen LogP contribution in [0.25, 0.3) is 22.4 Å². The van der Waals surface area contributed by atoms with Crippen LogP contribution in [-0.2, 0) is 0 Å². The van der Waals surface area contributed by atoms with Gasteiger partial charge >= 0.3 is 0 Å². The van der Waals surface area contributed by atoms with Gasteiger partial charge in [-0.3, -0.25) is 4.79 Å². The minimum Gasteiger partial charge on any atom is -0.338 e. The van der Waals surface area contributed by atoms with E-state index in [-0.39, 0.29) is 5.91 Å². The molecule has 1 amide bonds. The number of H-pyrrole nitrogens is 1. The SMILES string of the molecule is O=C(N/N=C/c1cccc(Cl)c1Cl)c1ccc2nc(-c3ccccc3)[nH]c2c1. The Hall–Kier alpha value is -3.15. The Kier molecular flexibility index (Phi) is 5.10. The number of aromatic nitrogens is 2. The van der Waals surface area contributed by atoms with E-state index in [0.717, 1.165) is 22.4 Å². The number of halogens is 2. The second-order valence-electron chi connectivity index (χ2n) is 6.03. The van der Waals surface area contributed by atoms with Crippen LogP contribution >= 0.6 is 23.2 Å². The van der Waals surface area contributed by atoms with Gasteiger partial charge in [0.05, 0.1) is 27.3 Å². The van der Waals surface area contributed by atoms with Crippen LogP contribution < -0.4 is 5.43 Å². The molecule has 0 fully saturated rings. The predicted molar refractivity (Wildman–Crippen MR) is 113 cm³/mol. The van der Waals surface area contributed by atoms with Crippen molar-refractivity contribution in [1.29, 1.82) is 0 Å². The zero-order valence-corrected chi connectivity index (χ0v) is 16.0. The van der Waals surface area contributed by atoms with Gasteiger partial charge in [-0.25, -0.2) is 10.4 Å². The van der Waals surface area contributed by atoms with Gasteiger partial charge in [0, 0.05) is 16.7 Å². The number of amides is 1. The normalized spacial score (nSPS) is 11.2. The number of rotatable bonds is 4. The Morgan fingerprint density at radius 1 is 1.04 bits per heavy atom. The maximum atomic E-state index is 12.4. The molecule has 7 heteroatoms. The average molecular weight is 409 g/mol. The van der Waals surface area contributed by atoms with Gasteiger partial charge in [0.1, 0.15) is 5.82 Å². The number of benzene rings is 3. The number of hydrazone groups is 1. The zero-order chi connectivity index (χ0) is 19.5. The molecule has 2 N–H and O–H groups in total. The molecule has 0 radical (unpaired) electrons. The smallest absolute Gasteiger partial charge is 0.271 e. The second-order valence-corrected chi connectivity index (χ2v) is 6.81. The maximum absolute atomic E-state index is 12.4. The lowest BCUT2D eigenvalue weighted by Crippen LogP contribution is -2.17. The molecule has 0 aliphatic rings. The average Bonchev–Trinajstić information content (AvgIpc) is 3.15. The number of carbonyl (C=O) groups excluding carboxylic acids is 1. The minimum atomic E-state index is -0.341. The fourth-order valence-electron chi connectivity index (χ4n) is 2.73. The highest BCUT2D eigenvalue weighted by Gasteiger charge is 2.10. The van der Waals surface area contributed by atoms with E-state index < -0.39 is 0 Å². The van der Waals surface area contributed by atoms with E-state index in [1.165, 1.54) is 6.21 Å². The Balaban J connectivity index is 1.53. The molecule has 0 aliphatic heterocycles. The van der Waals surface area contributed by atoms with E-state index in [9.17, 15) is 4.79 Å². The van der Waals surface area contributed by atoms with Crippen LogP contribution in [0.1, 0.15) is 15.9 Å². The van der Waals surface area contributed by atoms with Gasteiger partial charge < -0.3 is 4.98 Å². The predicted octanol–water partition coefficient (Wildman–Crippen LogP) is 5.30. The summed E-state index contributed by atoms with van der Waals surface area (Å²) in [4.78, 5) is 20.2. The number of hydrogen-bond donors (Lipinski definition) is 2. The van der Waals surface area contributed by atoms with Crippen LogP contribution in [0, 0.1) is 0 Å². The second kappa shape index (κ2) is 7.84. The number of imidazole rings is 1. The molecule has 1 aromatic heterocycles. The summed E-state index contributed by atoms with van der Waals surface area (Å²) in [5, 5.41) is 4.77. The first-order valence-electron chi connectivity index (χ1n) is 8.44. The number of hydrogen-bond acceptors (Lipinski definition) is 3. The van der Waals surface area contributed by atoms with Crippen molar-refractivity contribution in [2.45, 2.75) is 0 Å². The van der Waals surface area contributed by atoms with Crippen molar-refractivity contribution < 1.29 is 4.79 Å². The largest absolute Gasteiger partial charge is 0.338 e. The highest BCUT2D eigenvalue weighted by atomic mass is 35.5. The van der Waals surface area contributed by atoms with Crippen LogP contribution in [0.2, 0.25) is 10.0 Å². The number of nitrogens with zero attached hydrogens (tertiary/aromatic N) is 2. The van der Waals surface area contributed by atoms with Gasteiger partial charge in [-0.2, -0.15) is 5.10 Å². The molecule has 3 aromatic carbocycles. The molecule has 4 aromatic rings. The third-order valence-electron chi connectivity index (χ3n) is 4.14. The van der Waals surface area contributed by atoms with Crippen molar-refractivity contribution >= 4 is 46.4 Å². The van der Waals surface area contributed by atoms with Gasteiger partial charge in [-0.15, -0.1) is 0 Å². The molecule has 1 heterocycles. The lowest BCUT2D eigenvalue weighted by Gasteiger charge is -2.01. The third kappa shape index (κ3) is 3.76. The van der Waals surface area contributed by atoms with Crippen molar-refractivity contribution in [2.75, 3.05) is 0 Å². The third-order valence-corrected chi connectivity index (χ3v) is 4.98. The Morgan fingerprint density at radius 3 is 2.68 bits per heavy atom. The number of fused-ring (bicyclic) bond motifs is 1. The standard InChI is InChI=1S/C21H14Cl2N4O/c22-16-8-4-7-15(19(16)23)12-24-27-21(28)14-9-10-17-18(11-14)26-20(25-17)13-5-2-1-3-6-13/h1-12H,(H,25,26)(H,27,28)/b24-12+. The molecule has 5 nitrogen and oxygen atoms in total. The first-order chi connectivity index (χ1) is 13.6. The summed E-state index contributed by atoms with van der Waals surface area (Å²) >= 11 is 12.1. The molecule has 0 bridgehead atoms. The summed E-state index contributed by atoms with van der Waals surface area (Å²) in [7, 11) is 0. The lowest BCUT2D eigenvalue weighted by molar-refractivity contribution is 0.0955. The Bertz CT molecular complexity index is 1190. The van der Waals surface area contributed by atoms with E-state index in [1.54, 1.807) is 36.4 Å². The summed E-state index contributed by atoms with van der Waals surface area (Å²) in [6.07, 6.45) is 1.45. The molecule has 0 saturated heterocycles. The van der Waals surface area contributed by atoms with E-state index in [2.05, 4.69) is 20.5 Å². The molecule has 4 rings (SSSR count). The van der Waals surface area contributed by atoms with Crippen LogP contribution in [0.5, 0.6) is 0 Å². The van der Waals surface area contributed by atoms with Gasteiger partial charge in [-0.05, 0) is 24.3 Å². The molecule has 138 valence electrons. The molecular weight excluding hydrogens is 395 g/mol. The fourth-order valence-corrected chi connectivity index (χ4v) is 3.09. The molecule has 28 heavy (non-hydrogen) atoms. The van der Waals surface area contributed by atoms with Crippen LogP contribution in [-0.4, -0.2) is 22.1 Å². The van der Waals surface area contributed by atoms with Crippen molar-refractivity contribution in [3.8, 4) is 11.4 Å². The van der Waals surface area contributed by atoms with Crippen LogP contribution in [0.4, 0.5) is 0 Å². The number of aromatic amines is 1. The molecule has 0 unspecified atom stereocenters. The number of nitrogens with one attached hydrogen (secondary N) is 2. The monoisotopic (exact) mass is 408 g/mol. The number of carbonyl (C=O) groups is 1. The molecule has 0 atom stereocenters. The fraction of sp³-hybridized carbons (Fsp3) is 0. The summed E-state index contributed by atoms with van der Waals surface area (Å²) in [5.41, 5.74) is 6.10. The highest BCUT2D eigenvalue weighted by molar-refractivity contribution is 6.43. The first kappa shape index (κ1) is 18.2. The zero-order valence-electron chi connectivity index (χ0n) is 14.5. The summed E-state index contributed by atoms with van der Waals surface area (Å²) in [5.74, 6) is 0.411. The maximum Gasteiger partial charge on any atom is 0.271 e. The summed E-state index contributed by atoms with van der Waals surface area (Å²) < 4.78 is 0. The topological polar surface area (TPSA) is 70.1 Å². The lowest BCUT2D eigenvalue weighted by atomic mass is 10.2. The van der Waals surface area contributed by atoms with Crippen molar-refractivity contribution in [3.63, 3.8) is 0 Å². The van der Waals surface area contributed by atoms with Gasteiger partial charge in [0.2, 0.25) is 0 Å². The first-order valence-corrected chi connectivity index (χ1v) is 9.20. The van der Waals surface area contributed by atoms with Gasteiger partial charge in [0.25, 0.3) is 5.91 Å². The molecule has 0 spiro atoms. The molecular formula is C21H14Cl2N4O. The van der Waals surface area contributed by atoms with E-state index in [4.69, 9.17) is 23.2 Å². The van der Waals surface area contributed by atoms with Crippen molar-refractivity contribution in [2.24, 2.45) is 5.10 Å². The Morgan fingerprint density at radius 2 is 1.86 bits per heavy atom. The minimum absolute atomic E-state index is 0.341. The van der Waals surface area contributed by atoms with E-state index in [0.29, 0.717) is 21.2 Å². The van der Waals surface area contributed by atoms with Crippen molar-refractivity contribution in [1.82, 2.24) is 15.4 Å². The van der Waals surface area contributed by atoms with E-state index >= 15 is 0 Å². The van der Waals surface area contributed by atoms with E-state index in [1.807, 2.05) is 30.3 Å². The van der Waals surface area contributed by atoms with Gasteiger partial charge in [0.15, 0.2) is 0 Å².